The van der Waals surface area contributed by atoms with Crippen molar-refractivity contribution in [3.05, 3.63) is 6.92 Å². The molecule has 9 heavy (non-hydrogen) atoms. The molecule has 0 heterocycles. The van der Waals surface area contributed by atoms with Gasteiger partial charge < -0.3 is 9.47 Å². The molecule has 1 atom stereocenters. The van der Waals surface area contributed by atoms with E-state index in [-0.39, 0.29) is 5.97 Å². The largest absolute Gasteiger partial charge is 0.436 e. The van der Waals surface area contributed by atoms with Crippen molar-refractivity contribution in [1.82, 2.24) is 0 Å². The van der Waals surface area contributed by atoms with E-state index in [4.69, 9.17) is 4.74 Å². The van der Waals surface area contributed by atoms with E-state index < -0.39 is 6.29 Å². The summed E-state index contributed by atoms with van der Waals surface area (Å²) in [4.78, 5) is 10.2. The molecule has 0 aromatic rings. The summed E-state index contributed by atoms with van der Waals surface area (Å²) < 4.78 is 9.33. The molecule has 0 aliphatic rings. The van der Waals surface area contributed by atoms with Gasteiger partial charge in [-0.1, -0.05) is 0 Å². The third-order valence-electron chi connectivity index (χ3n) is 0.796. The predicted octanol–water partition coefficient (Wildman–Crippen LogP) is 0.746. The maximum Gasteiger partial charge on any atom is 0.304 e. The van der Waals surface area contributed by atoms with Crippen LogP contribution in [0.3, 0.4) is 0 Å². The van der Waals surface area contributed by atoms with Gasteiger partial charge in [-0.15, -0.1) is 0 Å². The molecule has 0 aliphatic carbocycles. The van der Waals surface area contributed by atoms with Crippen LogP contribution in [0.1, 0.15) is 13.3 Å². The van der Waals surface area contributed by atoms with E-state index in [1.54, 1.807) is 0 Å². The van der Waals surface area contributed by atoms with Crippen LogP contribution in [0.4, 0.5) is 0 Å². The van der Waals surface area contributed by atoms with Crippen molar-refractivity contribution in [2.45, 2.75) is 19.6 Å². The van der Waals surface area contributed by atoms with Crippen molar-refractivity contribution in [3.63, 3.8) is 0 Å². The topological polar surface area (TPSA) is 35.5 Å². The van der Waals surface area contributed by atoms with Crippen molar-refractivity contribution < 1.29 is 14.3 Å². The van der Waals surface area contributed by atoms with Crippen molar-refractivity contribution in [1.29, 1.82) is 0 Å². The van der Waals surface area contributed by atoms with Crippen LogP contribution in [0.15, 0.2) is 0 Å². The van der Waals surface area contributed by atoms with Crippen LogP contribution in [0.25, 0.3) is 0 Å². The molecular weight excluding hydrogens is 120 g/mol. The van der Waals surface area contributed by atoms with Gasteiger partial charge in [-0.2, -0.15) is 0 Å². The minimum atomic E-state index is -0.484. The molecule has 0 N–H and O–H groups in total. The lowest BCUT2D eigenvalue weighted by Gasteiger charge is -2.11. The Bertz CT molecular complexity index is 86.3. The standard InChI is InChI=1S/C6H11O3/c1-4-6(8-3)9-5(2)7/h6H,1,4H2,2-3H3. The lowest BCUT2D eigenvalue weighted by Crippen LogP contribution is -2.16. The molecule has 0 rings (SSSR count). The quantitative estimate of drug-likeness (QED) is 0.418. The van der Waals surface area contributed by atoms with Crippen LogP contribution < -0.4 is 0 Å². The Kier molecular flexibility index (Phi) is 4.05. The van der Waals surface area contributed by atoms with Gasteiger partial charge in [-0.25, -0.2) is 0 Å². The first kappa shape index (κ1) is 8.43. The second kappa shape index (κ2) is 4.32. The predicted molar refractivity (Wildman–Crippen MR) is 32.5 cm³/mol. The molecule has 0 spiro atoms. The average Bonchev–Trinajstić information content (AvgIpc) is 1.82. The first-order valence-corrected chi connectivity index (χ1v) is 2.70. The summed E-state index contributed by atoms with van der Waals surface area (Å²) in [5.41, 5.74) is 0. The van der Waals surface area contributed by atoms with Crippen molar-refractivity contribution in [3.8, 4) is 0 Å². The van der Waals surface area contributed by atoms with Gasteiger partial charge in [0.05, 0.1) is 0 Å². The molecule has 0 bridgehead atoms. The maximum absolute atomic E-state index is 10.2. The lowest BCUT2D eigenvalue weighted by molar-refractivity contribution is -0.169. The smallest absolute Gasteiger partial charge is 0.304 e. The zero-order valence-corrected chi connectivity index (χ0v) is 5.72. The molecule has 0 aromatic heterocycles. The monoisotopic (exact) mass is 131 g/mol. The fraction of sp³-hybridized carbons (Fsp3) is 0.667. The lowest BCUT2D eigenvalue weighted by atomic mass is 10.5. The highest BCUT2D eigenvalue weighted by molar-refractivity contribution is 5.66. The highest BCUT2D eigenvalue weighted by Gasteiger charge is 2.05. The number of hydrogen-bond donors (Lipinski definition) is 0. The molecule has 0 aliphatic heterocycles. The molecule has 0 saturated heterocycles. The first-order valence-electron chi connectivity index (χ1n) is 2.70. The van der Waals surface area contributed by atoms with E-state index in [1.807, 2.05) is 0 Å². The highest BCUT2D eigenvalue weighted by atomic mass is 16.7. The van der Waals surface area contributed by atoms with E-state index in [0.717, 1.165) is 0 Å². The van der Waals surface area contributed by atoms with Crippen LogP contribution in [-0.2, 0) is 14.3 Å². The number of methoxy groups -OCH3 is 1. The van der Waals surface area contributed by atoms with Crippen LogP contribution >= 0.6 is 0 Å². The molecule has 3 nitrogen and oxygen atoms in total. The van der Waals surface area contributed by atoms with Gasteiger partial charge in [0.1, 0.15) is 0 Å². The number of rotatable bonds is 3. The summed E-state index contributed by atoms with van der Waals surface area (Å²) in [6, 6.07) is 0. The molecule has 0 aromatic carbocycles. The molecule has 0 amide bonds. The Morgan fingerprint density at radius 1 is 1.78 bits per heavy atom. The fourth-order valence-electron chi connectivity index (χ4n) is 0.410. The summed E-state index contributed by atoms with van der Waals surface area (Å²) in [7, 11) is 1.47. The van der Waals surface area contributed by atoms with Crippen molar-refractivity contribution >= 4 is 5.97 Å². The maximum atomic E-state index is 10.2. The van der Waals surface area contributed by atoms with Crippen molar-refractivity contribution in [2.75, 3.05) is 7.11 Å². The minimum Gasteiger partial charge on any atom is -0.436 e. The molecular formula is C6H11O3. The summed E-state index contributed by atoms with van der Waals surface area (Å²) in [6.07, 6.45) is -0.0432. The van der Waals surface area contributed by atoms with E-state index in [0.29, 0.717) is 6.42 Å². The summed E-state index contributed by atoms with van der Waals surface area (Å²) in [6.45, 7) is 4.84. The van der Waals surface area contributed by atoms with E-state index in [1.165, 1.54) is 14.0 Å². The first-order chi connectivity index (χ1) is 4.20. The molecule has 1 radical (unpaired) electrons. The fourth-order valence-corrected chi connectivity index (χ4v) is 0.410. The Hall–Kier alpha value is -0.570. The van der Waals surface area contributed by atoms with Gasteiger partial charge in [0, 0.05) is 20.5 Å². The number of ether oxygens (including phenoxy) is 2. The van der Waals surface area contributed by atoms with Crippen LogP contribution in [0.2, 0.25) is 0 Å². The number of hydrogen-bond acceptors (Lipinski definition) is 3. The molecule has 3 heteroatoms. The van der Waals surface area contributed by atoms with Crippen LogP contribution in [0, 0.1) is 6.92 Å². The average molecular weight is 131 g/mol. The number of carbonyl (C=O) groups is 1. The SMILES string of the molecule is [CH2]CC(OC)OC(C)=O. The van der Waals surface area contributed by atoms with E-state index in [9.17, 15) is 4.79 Å². The Morgan fingerprint density at radius 3 is 2.44 bits per heavy atom. The van der Waals surface area contributed by atoms with E-state index >= 15 is 0 Å². The summed E-state index contributed by atoms with van der Waals surface area (Å²) in [5, 5.41) is 0. The molecule has 1 unspecified atom stereocenters. The Morgan fingerprint density at radius 2 is 2.33 bits per heavy atom. The zero-order valence-electron chi connectivity index (χ0n) is 5.72. The summed E-state index contributed by atoms with van der Waals surface area (Å²) in [5.74, 6) is -0.342. The Labute approximate surface area is 55.0 Å². The summed E-state index contributed by atoms with van der Waals surface area (Å²) >= 11 is 0. The molecule has 0 fully saturated rings. The van der Waals surface area contributed by atoms with E-state index in [2.05, 4.69) is 11.7 Å². The second-order valence-corrected chi connectivity index (χ2v) is 1.56. The van der Waals surface area contributed by atoms with Gasteiger partial charge in [0.15, 0.2) is 0 Å². The third kappa shape index (κ3) is 3.97. The van der Waals surface area contributed by atoms with Gasteiger partial charge in [-0.05, 0) is 6.92 Å². The Balaban J connectivity index is 3.43. The second-order valence-electron chi connectivity index (χ2n) is 1.56. The van der Waals surface area contributed by atoms with Gasteiger partial charge >= 0.3 is 5.97 Å². The van der Waals surface area contributed by atoms with Crippen LogP contribution in [-0.4, -0.2) is 19.4 Å². The van der Waals surface area contributed by atoms with Gasteiger partial charge in [0.25, 0.3) is 0 Å². The van der Waals surface area contributed by atoms with Gasteiger partial charge in [-0.3, -0.25) is 4.79 Å². The molecule has 0 saturated carbocycles. The molecule has 53 valence electrons. The van der Waals surface area contributed by atoms with Crippen LogP contribution in [0.5, 0.6) is 0 Å². The van der Waals surface area contributed by atoms with Crippen molar-refractivity contribution in [2.24, 2.45) is 0 Å². The number of esters is 1. The highest BCUT2D eigenvalue weighted by Crippen LogP contribution is 1.96. The zero-order chi connectivity index (χ0) is 7.28. The minimum absolute atomic E-state index is 0.342. The van der Waals surface area contributed by atoms with Gasteiger partial charge in [0.2, 0.25) is 6.29 Å². The normalized spacial score (nSPS) is 12.8. The number of carbonyl (C=O) groups excluding carboxylic acids is 1. The third-order valence-corrected chi connectivity index (χ3v) is 0.796.